The fraction of sp³-hybridized carbons (Fsp3) is 0.111. The summed E-state index contributed by atoms with van der Waals surface area (Å²) in [4.78, 5) is 17.8. The lowest BCUT2D eigenvalue weighted by Gasteiger charge is -2.11. The highest BCUT2D eigenvalue weighted by atomic mass is 35.5. The molecule has 1 heterocycles. The summed E-state index contributed by atoms with van der Waals surface area (Å²) in [6.07, 6.45) is 0. The van der Waals surface area contributed by atoms with Gasteiger partial charge in [-0.1, -0.05) is 11.6 Å². The van der Waals surface area contributed by atoms with E-state index < -0.39 is 0 Å². The van der Waals surface area contributed by atoms with Crippen LogP contribution in [0.2, 0.25) is 5.02 Å². The number of nitrogens with zero attached hydrogens (tertiary/aromatic N) is 1. The number of benzene rings is 2. The van der Waals surface area contributed by atoms with Gasteiger partial charge in [0.15, 0.2) is 0 Å². The van der Waals surface area contributed by atoms with E-state index in [0.29, 0.717) is 22.0 Å². The zero-order valence-corrected chi connectivity index (χ0v) is 15.8. The Morgan fingerprint density at radius 2 is 2.08 bits per heavy atom. The summed E-state index contributed by atoms with van der Waals surface area (Å²) in [5.74, 6) is 1.17. The maximum atomic E-state index is 12.4. The number of amides is 1. The monoisotopic (exact) mass is 390 g/mol. The average Bonchev–Trinajstić information content (AvgIpc) is 3.14. The number of carbonyl (C=O) groups excluding carboxylic acids is 1. The second-order valence-corrected chi connectivity index (χ2v) is 7.30. The Morgan fingerprint density at radius 1 is 1.28 bits per heavy atom. The van der Waals surface area contributed by atoms with Gasteiger partial charge in [-0.05, 0) is 42.5 Å². The molecule has 0 unspecified atom stereocenters. The van der Waals surface area contributed by atoms with E-state index in [1.54, 1.807) is 60.5 Å². The largest absolute Gasteiger partial charge is 0.495 e. The topological polar surface area (TPSA) is 51.2 Å². The second-order valence-electron chi connectivity index (χ2n) is 5.09. The fourth-order valence-electron chi connectivity index (χ4n) is 2.14. The summed E-state index contributed by atoms with van der Waals surface area (Å²) in [6, 6.07) is 12.6. The Labute approximate surface area is 159 Å². The van der Waals surface area contributed by atoms with Crippen molar-refractivity contribution in [2.45, 2.75) is 10.6 Å². The van der Waals surface area contributed by atoms with Crippen molar-refractivity contribution >= 4 is 46.3 Å². The molecule has 25 heavy (non-hydrogen) atoms. The highest BCUT2D eigenvalue weighted by Crippen LogP contribution is 2.28. The molecule has 0 spiro atoms. The number of methoxy groups -OCH3 is 1. The summed E-state index contributed by atoms with van der Waals surface area (Å²) in [5.41, 5.74) is 4.00. The highest BCUT2D eigenvalue weighted by Gasteiger charge is 2.10. The van der Waals surface area contributed by atoms with Crippen LogP contribution in [0, 0.1) is 0 Å². The third kappa shape index (κ3) is 4.75. The predicted octanol–water partition coefficient (Wildman–Crippen LogP) is 5.35. The molecule has 0 atom stereocenters. The minimum absolute atomic E-state index is 0.211. The number of ether oxygens (including phenoxy) is 1. The van der Waals surface area contributed by atoms with Gasteiger partial charge in [0.05, 0.1) is 24.0 Å². The van der Waals surface area contributed by atoms with Gasteiger partial charge in [0.25, 0.3) is 5.91 Å². The fourth-order valence-corrected chi connectivity index (χ4v) is 3.78. The number of thioether (sulfide) groups is 1. The second kappa shape index (κ2) is 8.38. The minimum Gasteiger partial charge on any atom is -0.495 e. The molecule has 0 fully saturated rings. The van der Waals surface area contributed by atoms with Crippen molar-refractivity contribution in [2.75, 3.05) is 12.4 Å². The van der Waals surface area contributed by atoms with Gasteiger partial charge >= 0.3 is 0 Å². The first-order valence-electron chi connectivity index (χ1n) is 7.40. The first-order valence-corrected chi connectivity index (χ1v) is 9.71. The van der Waals surface area contributed by atoms with E-state index in [2.05, 4.69) is 10.3 Å². The van der Waals surface area contributed by atoms with Crippen LogP contribution < -0.4 is 10.1 Å². The zero-order chi connectivity index (χ0) is 17.6. The van der Waals surface area contributed by atoms with Crippen LogP contribution in [0.25, 0.3) is 0 Å². The summed E-state index contributed by atoms with van der Waals surface area (Å²) in [5, 5.41) is 5.40. The number of aromatic nitrogens is 1. The van der Waals surface area contributed by atoms with Gasteiger partial charge in [-0.2, -0.15) is 0 Å². The molecule has 1 amide bonds. The van der Waals surface area contributed by atoms with Gasteiger partial charge < -0.3 is 10.1 Å². The van der Waals surface area contributed by atoms with Crippen molar-refractivity contribution in [3.8, 4) is 5.75 Å². The minimum atomic E-state index is -0.211. The molecule has 3 aromatic rings. The number of carbonyl (C=O) groups is 1. The van der Waals surface area contributed by atoms with E-state index in [1.165, 1.54) is 0 Å². The van der Waals surface area contributed by atoms with Gasteiger partial charge in [0.1, 0.15) is 5.75 Å². The molecular weight excluding hydrogens is 376 g/mol. The van der Waals surface area contributed by atoms with Crippen LogP contribution >= 0.6 is 34.7 Å². The molecule has 2 aromatic carbocycles. The van der Waals surface area contributed by atoms with E-state index in [-0.39, 0.29) is 5.91 Å². The number of thiazole rings is 1. The molecule has 1 N–H and O–H groups in total. The molecule has 0 aliphatic carbocycles. The first kappa shape index (κ1) is 17.8. The van der Waals surface area contributed by atoms with E-state index in [4.69, 9.17) is 16.3 Å². The molecule has 7 heteroatoms. The molecule has 0 saturated heterocycles. The summed E-state index contributed by atoms with van der Waals surface area (Å²) < 4.78 is 5.24. The van der Waals surface area contributed by atoms with Crippen LogP contribution in [0.3, 0.4) is 0 Å². The van der Waals surface area contributed by atoms with Crippen LogP contribution in [0.1, 0.15) is 16.1 Å². The van der Waals surface area contributed by atoms with Crippen LogP contribution in [0.4, 0.5) is 5.69 Å². The average molecular weight is 391 g/mol. The van der Waals surface area contributed by atoms with E-state index in [1.807, 2.05) is 23.0 Å². The Hall–Kier alpha value is -2.02. The Bertz CT molecular complexity index is 852. The predicted molar refractivity (Wildman–Crippen MR) is 104 cm³/mol. The molecule has 1 aromatic heterocycles. The zero-order valence-electron chi connectivity index (χ0n) is 13.4. The van der Waals surface area contributed by atoms with Crippen molar-refractivity contribution in [1.29, 1.82) is 0 Å². The number of halogens is 1. The third-order valence-electron chi connectivity index (χ3n) is 3.40. The molecule has 0 radical (unpaired) electrons. The SMILES string of the molecule is COc1ccc(Cl)cc1NC(=O)c1ccc(SCc2cscn2)cc1. The maximum Gasteiger partial charge on any atom is 0.255 e. The molecule has 3 rings (SSSR count). The van der Waals surface area contributed by atoms with Gasteiger partial charge in [0, 0.05) is 26.6 Å². The molecule has 128 valence electrons. The standard InChI is InChI=1S/C18H15ClN2O2S2/c1-23-17-7-4-13(19)8-16(17)21-18(22)12-2-5-15(6-3-12)25-10-14-9-24-11-20-14/h2-9,11H,10H2,1H3,(H,21,22). The number of hydrogen-bond donors (Lipinski definition) is 1. The number of anilines is 1. The molecule has 0 bridgehead atoms. The van der Waals surface area contributed by atoms with Crippen molar-refractivity contribution in [1.82, 2.24) is 4.98 Å². The lowest BCUT2D eigenvalue weighted by Crippen LogP contribution is -2.12. The van der Waals surface area contributed by atoms with Crippen LogP contribution in [-0.2, 0) is 5.75 Å². The number of rotatable bonds is 6. The Balaban J connectivity index is 1.65. The summed E-state index contributed by atoms with van der Waals surface area (Å²) in [7, 11) is 1.55. The lowest BCUT2D eigenvalue weighted by atomic mass is 10.2. The van der Waals surface area contributed by atoms with Crippen molar-refractivity contribution in [3.63, 3.8) is 0 Å². The third-order valence-corrected chi connectivity index (χ3v) is 5.31. The number of hydrogen-bond acceptors (Lipinski definition) is 5. The van der Waals surface area contributed by atoms with Gasteiger partial charge in [-0.15, -0.1) is 23.1 Å². The summed E-state index contributed by atoms with van der Waals surface area (Å²) >= 11 is 9.26. The Kier molecular flexibility index (Phi) is 5.96. The molecule has 4 nitrogen and oxygen atoms in total. The van der Waals surface area contributed by atoms with Gasteiger partial charge in [0.2, 0.25) is 0 Å². The number of nitrogens with one attached hydrogen (secondary N) is 1. The van der Waals surface area contributed by atoms with E-state index in [0.717, 1.165) is 16.3 Å². The summed E-state index contributed by atoms with van der Waals surface area (Å²) in [6.45, 7) is 0. The lowest BCUT2D eigenvalue weighted by molar-refractivity contribution is 0.102. The van der Waals surface area contributed by atoms with Gasteiger partial charge in [-0.3, -0.25) is 4.79 Å². The quantitative estimate of drug-likeness (QED) is 0.576. The highest BCUT2D eigenvalue weighted by molar-refractivity contribution is 7.98. The van der Waals surface area contributed by atoms with Crippen LogP contribution in [0.5, 0.6) is 5.75 Å². The first-order chi connectivity index (χ1) is 12.2. The van der Waals surface area contributed by atoms with E-state index >= 15 is 0 Å². The van der Waals surface area contributed by atoms with Crippen molar-refractivity contribution < 1.29 is 9.53 Å². The van der Waals surface area contributed by atoms with Gasteiger partial charge in [-0.25, -0.2) is 4.98 Å². The molecule has 0 aliphatic heterocycles. The van der Waals surface area contributed by atoms with Crippen LogP contribution in [0.15, 0.2) is 58.3 Å². The van der Waals surface area contributed by atoms with Crippen LogP contribution in [-0.4, -0.2) is 18.0 Å². The van der Waals surface area contributed by atoms with Crippen molar-refractivity contribution in [2.24, 2.45) is 0 Å². The molecule has 0 aliphatic rings. The normalized spacial score (nSPS) is 10.5. The Morgan fingerprint density at radius 3 is 2.76 bits per heavy atom. The smallest absolute Gasteiger partial charge is 0.255 e. The maximum absolute atomic E-state index is 12.4. The molecular formula is C18H15ClN2O2S2. The van der Waals surface area contributed by atoms with Crippen molar-refractivity contribution in [3.05, 3.63) is 69.6 Å². The molecule has 0 saturated carbocycles. The van der Waals surface area contributed by atoms with E-state index in [9.17, 15) is 4.79 Å².